The summed E-state index contributed by atoms with van der Waals surface area (Å²) in [6.07, 6.45) is 1.20. The molecule has 8 heteroatoms. The van der Waals surface area contributed by atoms with E-state index in [9.17, 15) is 18.0 Å². The van der Waals surface area contributed by atoms with Crippen molar-refractivity contribution in [3.63, 3.8) is 0 Å². The highest BCUT2D eigenvalue weighted by Gasteiger charge is 2.19. The number of aryl methyl sites for hydroxylation is 1. The van der Waals surface area contributed by atoms with Crippen LogP contribution in [0.4, 0.5) is 0 Å². The molecule has 0 fully saturated rings. The second-order valence-corrected chi connectivity index (χ2v) is 8.72. The first-order valence-electron chi connectivity index (χ1n) is 8.90. The van der Waals surface area contributed by atoms with Gasteiger partial charge >= 0.3 is 5.97 Å². The zero-order valence-corrected chi connectivity index (χ0v) is 17.7. The summed E-state index contributed by atoms with van der Waals surface area (Å²) in [5.74, 6) is -1.81. The molecule has 0 aliphatic carbocycles. The number of halogens is 1. The quantitative estimate of drug-likeness (QED) is 0.506. The first kappa shape index (κ1) is 22.6. The molecule has 0 spiro atoms. The lowest BCUT2D eigenvalue weighted by molar-refractivity contribution is -0.139. The second-order valence-electron chi connectivity index (χ2n) is 6.29. The van der Waals surface area contributed by atoms with Crippen LogP contribution < -0.4 is 5.32 Å². The van der Waals surface area contributed by atoms with Crippen LogP contribution in [0.5, 0.6) is 0 Å². The predicted molar refractivity (Wildman–Crippen MR) is 112 cm³/mol. The van der Waals surface area contributed by atoms with Crippen molar-refractivity contribution in [1.29, 1.82) is 0 Å². The van der Waals surface area contributed by atoms with Gasteiger partial charge in [-0.2, -0.15) is 0 Å². The van der Waals surface area contributed by atoms with Crippen molar-refractivity contribution in [3.05, 3.63) is 70.3 Å². The first-order valence-corrected chi connectivity index (χ1v) is 10.9. The lowest BCUT2D eigenvalue weighted by Crippen LogP contribution is -2.30. The van der Waals surface area contributed by atoms with Gasteiger partial charge < -0.3 is 10.1 Å². The molecule has 1 amide bonds. The van der Waals surface area contributed by atoms with Crippen molar-refractivity contribution >= 4 is 39.4 Å². The van der Waals surface area contributed by atoms with Gasteiger partial charge in [0.15, 0.2) is 9.84 Å². The molecule has 0 unspecified atom stereocenters. The van der Waals surface area contributed by atoms with Crippen LogP contribution in [-0.2, 0) is 24.2 Å². The van der Waals surface area contributed by atoms with Crippen molar-refractivity contribution in [2.75, 3.05) is 12.5 Å². The van der Waals surface area contributed by atoms with E-state index in [1.807, 2.05) is 6.92 Å². The third kappa shape index (κ3) is 7.03. The summed E-state index contributed by atoms with van der Waals surface area (Å²) in [5.41, 5.74) is 1.70. The number of hydrogen-bond donors (Lipinski definition) is 1. The van der Waals surface area contributed by atoms with Crippen LogP contribution in [0.1, 0.15) is 24.5 Å². The number of benzene rings is 2. The summed E-state index contributed by atoms with van der Waals surface area (Å²) in [6, 6.07) is 13.0. The van der Waals surface area contributed by atoms with E-state index in [1.165, 1.54) is 18.2 Å². The highest BCUT2D eigenvalue weighted by atomic mass is 35.5. The third-order valence-electron chi connectivity index (χ3n) is 3.94. The van der Waals surface area contributed by atoms with Crippen molar-refractivity contribution in [1.82, 2.24) is 5.32 Å². The summed E-state index contributed by atoms with van der Waals surface area (Å²) < 4.78 is 29.7. The van der Waals surface area contributed by atoms with E-state index in [4.69, 9.17) is 16.3 Å². The Balaban J connectivity index is 2.10. The van der Waals surface area contributed by atoms with Crippen LogP contribution in [0.2, 0.25) is 5.02 Å². The number of sulfone groups is 1. The zero-order valence-electron chi connectivity index (χ0n) is 16.1. The number of hydrogen-bond acceptors (Lipinski definition) is 5. The Morgan fingerprint density at radius 3 is 2.28 bits per heavy atom. The van der Waals surface area contributed by atoms with Crippen LogP contribution in [0.15, 0.2) is 59.0 Å². The van der Waals surface area contributed by atoms with Crippen LogP contribution in [0, 0.1) is 6.92 Å². The maximum atomic E-state index is 12.4. The van der Waals surface area contributed by atoms with Gasteiger partial charge in [-0.1, -0.05) is 41.4 Å². The number of carbonyl (C=O) groups is 2. The van der Waals surface area contributed by atoms with Crippen LogP contribution in [0.25, 0.3) is 6.08 Å². The molecule has 0 heterocycles. The average molecular weight is 436 g/mol. The van der Waals surface area contributed by atoms with Gasteiger partial charge in [-0.05, 0) is 49.8 Å². The molecular formula is C21H22ClNO5S. The van der Waals surface area contributed by atoms with E-state index in [0.717, 1.165) is 5.56 Å². The van der Waals surface area contributed by atoms with E-state index in [0.29, 0.717) is 10.6 Å². The summed E-state index contributed by atoms with van der Waals surface area (Å²) in [4.78, 5) is 24.6. The number of ether oxygens (including phenoxy) is 1. The van der Waals surface area contributed by atoms with E-state index < -0.39 is 27.6 Å². The smallest absolute Gasteiger partial charge is 0.334 e. The Labute approximate surface area is 175 Å². The second kappa shape index (κ2) is 10.2. The lowest BCUT2D eigenvalue weighted by Gasteiger charge is -2.10. The van der Waals surface area contributed by atoms with E-state index in [2.05, 4.69) is 5.32 Å². The van der Waals surface area contributed by atoms with Crippen molar-refractivity contribution < 1.29 is 22.7 Å². The molecule has 0 aliphatic heterocycles. The van der Waals surface area contributed by atoms with E-state index in [-0.39, 0.29) is 23.5 Å². The normalized spacial score (nSPS) is 11.8. The van der Waals surface area contributed by atoms with Gasteiger partial charge in [0.2, 0.25) is 5.91 Å². The highest BCUT2D eigenvalue weighted by Crippen LogP contribution is 2.16. The molecule has 2 aromatic carbocycles. The zero-order chi connectivity index (χ0) is 21.4. The van der Waals surface area contributed by atoms with Crippen LogP contribution in [-0.4, -0.2) is 32.8 Å². The van der Waals surface area contributed by atoms with Gasteiger partial charge in [-0.15, -0.1) is 0 Å². The fourth-order valence-corrected chi connectivity index (χ4v) is 3.60. The van der Waals surface area contributed by atoms with Crippen molar-refractivity contribution in [2.45, 2.75) is 25.2 Å². The number of esters is 1. The minimum atomic E-state index is -3.68. The average Bonchev–Trinajstić information content (AvgIpc) is 2.68. The van der Waals surface area contributed by atoms with Crippen LogP contribution >= 0.6 is 11.6 Å². The third-order valence-corrected chi connectivity index (χ3v) is 5.71. The topological polar surface area (TPSA) is 89.5 Å². The molecular weight excluding hydrogens is 414 g/mol. The molecule has 0 saturated heterocycles. The Morgan fingerprint density at radius 2 is 1.69 bits per heavy atom. The largest absolute Gasteiger partial charge is 0.463 e. The summed E-state index contributed by atoms with van der Waals surface area (Å²) in [7, 11) is -3.68. The minimum absolute atomic E-state index is 0.111. The molecule has 0 saturated carbocycles. The van der Waals surface area contributed by atoms with E-state index in [1.54, 1.807) is 43.3 Å². The Kier molecular flexibility index (Phi) is 7.99. The predicted octanol–water partition coefficient (Wildman–Crippen LogP) is 3.53. The molecule has 6 nitrogen and oxygen atoms in total. The lowest BCUT2D eigenvalue weighted by atomic mass is 10.1. The first-order chi connectivity index (χ1) is 13.7. The molecule has 154 valence electrons. The molecule has 29 heavy (non-hydrogen) atoms. The number of carbonyl (C=O) groups excluding carboxylic acids is 2. The summed E-state index contributed by atoms with van der Waals surface area (Å²) in [5, 5.41) is 2.90. The van der Waals surface area contributed by atoms with E-state index >= 15 is 0 Å². The molecule has 0 radical (unpaired) electrons. The Bertz CT molecular complexity index is 996. The SMILES string of the molecule is CCOC(=O)/C(=C/c1ccc(Cl)cc1)CC(=O)NCS(=O)(=O)c1ccc(C)cc1. The Hall–Kier alpha value is -2.64. The molecule has 0 aromatic heterocycles. The fourth-order valence-electron chi connectivity index (χ4n) is 2.41. The molecule has 0 aliphatic rings. The molecule has 1 N–H and O–H groups in total. The Morgan fingerprint density at radius 1 is 1.07 bits per heavy atom. The van der Waals surface area contributed by atoms with Crippen molar-refractivity contribution in [2.24, 2.45) is 0 Å². The summed E-state index contributed by atoms with van der Waals surface area (Å²) in [6.45, 7) is 3.66. The van der Waals surface area contributed by atoms with Gasteiger partial charge in [0.25, 0.3) is 0 Å². The number of nitrogens with one attached hydrogen (secondary N) is 1. The van der Waals surface area contributed by atoms with Gasteiger partial charge in [0.05, 0.1) is 17.9 Å². The fraction of sp³-hybridized carbons (Fsp3) is 0.238. The number of amides is 1. The van der Waals surface area contributed by atoms with Gasteiger partial charge in [-0.3, -0.25) is 4.79 Å². The van der Waals surface area contributed by atoms with Gasteiger partial charge in [0.1, 0.15) is 5.88 Å². The molecule has 2 rings (SSSR count). The molecule has 0 bridgehead atoms. The van der Waals surface area contributed by atoms with Crippen molar-refractivity contribution in [3.8, 4) is 0 Å². The summed E-state index contributed by atoms with van der Waals surface area (Å²) >= 11 is 5.85. The molecule has 0 atom stereocenters. The standard InChI is InChI=1S/C21H22ClNO5S/c1-3-28-21(25)17(12-16-6-8-18(22)9-7-16)13-20(24)23-14-29(26,27)19-10-4-15(2)5-11-19/h4-12H,3,13-14H2,1-2H3,(H,23,24)/b17-12+. The monoisotopic (exact) mass is 435 g/mol. The highest BCUT2D eigenvalue weighted by molar-refractivity contribution is 7.91. The minimum Gasteiger partial charge on any atom is -0.463 e. The molecule has 2 aromatic rings. The van der Waals surface area contributed by atoms with Crippen LogP contribution in [0.3, 0.4) is 0 Å². The van der Waals surface area contributed by atoms with Gasteiger partial charge in [-0.25, -0.2) is 13.2 Å². The maximum absolute atomic E-state index is 12.4. The number of rotatable bonds is 8. The maximum Gasteiger partial charge on any atom is 0.334 e. The van der Waals surface area contributed by atoms with Gasteiger partial charge in [0, 0.05) is 10.6 Å².